The summed E-state index contributed by atoms with van der Waals surface area (Å²) in [5.74, 6) is 0.924. The first kappa shape index (κ1) is 15.0. The molecule has 0 bridgehead atoms. The largest absolute Gasteiger partial charge is 0.377 e. The Bertz CT molecular complexity index is 674. The number of benzene rings is 1. The number of nitrogens with zero attached hydrogens (tertiary/aromatic N) is 3. The van der Waals surface area contributed by atoms with Crippen LogP contribution < -0.4 is 0 Å². The molecule has 0 saturated carbocycles. The molecule has 0 aliphatic carbocycles. The van der Waals surface area contributed by atoms with E-state index >= 15 is 0 Å². The summed E-state index contributed by atoms with van der Waals surface area (Å²) in [6.45, 7) is 3.09. The average molecular weight is 322 g/mol. The molecule has 22 heavy (non-hydrogen) atoms. The van der Waals surface area contributed by atoms with Crippen LogP contribution in [-0.4, -0.2) is 40.7 Å². The summed E-state index contributed by atoms with van der Waals surface area (Å²) in [6, 6.07) is 7.03. The van der Waals surface area contributed by atoms with E-state index in [1.54, 1.807) is 17.9 Å². The highest BCUT2D eigenvalue weighted by molar-refractivity contribution is 6.31. The average Bonchev–Trinajstić information content (AvgIpc) is 2.96. The van der Waals surface area contributed by atoms with Gasteiger partial charge in [0, 0.05) is 18.5 Å². The summed E-state index contributed by atoms with van der Waals surface area (Å²) in [5.41, 5.74) is 0.809. The van der Waals surface area contributed by atoms with Gasteiger partial charge in [-0.15, -0.1) is 0 Å². The third kappa shape index (κ3) is 3.13. The first-order chi connectivity index (χ1) is 10.6. The second kappa shape index (κ2) is 6.46. The van der Waals surface area contributed by atoms with Crippen molar-refractivity contribution >= 4 is 17.5 Å². The van der Waals surface area contributed by atoms with Crippen LogP contribution in [0.1, 0.15) is 23.3 Å². The molecule has 0 spiro atoms. The van der Waals surface area contributed by atoms with Crippen molar-refractivity contribution in [3.05, 3.63) is 46.6 Å². The molecule has 1 aromatic carbocycles. The van der Waals surface area contributed by atoms with Crippen LogP contribution in [0.5, 0.6) is 0 Å². The molecule has 0 N–H and O–H groups in total. The standard InChI is InChI=1S/C15H16ClN3O3/c1-10-17-15(18-22-10)13-9-21-7-6-19(13)14(20)8-11-4-2-3-5-12(11)16/h2-5,13H,6-9H2,1H3/t13-/m1/s1. The predicted octanol–water partition coefficient (Wildman–Crippen LogP) is 2.17. The monoisotopic (exact) mass is 321 g/mol. The van der Waals surface area contributed by atoms with Gasteiger partial charge in [-0.2, -0.15) is 4.98 Å². The SMILES string of the molecule is Cc1nc([C@H]2COCCN2C(=O)Cc2ccccc2Cl)no1. The summed E-state index contributed by atoms with van der Waals surface area (Å²) in [4.78, 5) is 18.6. The summed E-state index contributed by atoms with van der Waals surface area (Å²) in [6.07, 6.45) is 0.243. The Hall–Kier alpha value is -1.92. The molecule has 0 unspecified atom stereocenters. The molecule has 2 heterocycles. The predicted molar refractivity (Wildman–Crippen MR) is 79.5 cm³/mol. The molecule has 1 aliphatic rings. The zero-order valence-electron chi connectivity index (χ0n) is 12.2. The highest BCUT2D eigenvalue weighted by Gasteiger charge is 2.32. The summed E-state index contributed by atoms with van der Waals surface area (Å²) < 4.78 is 10.5. The van der Waals surface area contributed by atoms with Crippen molar-refractivity contribution < 1.29 is 14.1 Å². The second-order valence-electron chi connectivity index (χ2n) is 5.12. The minimum atomic E-state index is -0.318. The number of halogens is 1. The van der Waals surface area contributed by atoms with E-state index < -0.39 is 0 Å². The van der Waals surface area contributed by atoms with Crippen LogP contribution >= 0.6 is 11.6 Å². The third-order valence-corrected chi connectivity index (χ3v) is 3.96. The van der Waals surface area contributed by atoms with Gasteiger partial charge in [-0.1, -0.05) is 35.0 Å². The normalized spacial score (nSPS) is 18.5. The van der Waals surface area contributed by atoms with Crippen molar-refractivity contribution in [2.24, 2.45) is 0 Å². The Kier molecular flexibility index (Phi) is 4.40. The van der Waals surface area contributed by atoms with Crippen molar-refractivity contribution in [1.29, 1.82) is 0 Å². The van der Waals surface area contributed by atoms with E-state index in [-0.39, 0.29) is 18.4 Å². The Morgan fingerprint density at radius 3 is 3.00 bits per heavy atom. The van der Waals surface area contributed by atoms with Crippen LogP contribution in [0, 0.1) is 6.92 Å². The van der Waals surface area contributed by atoms with E-state index in [0.717, 1.165) is 5.56 Å². The van der Waals surface area contributed by atoms with E-state index in [2.05, 4.69) is 10.1 Å². The molecule has 1 aliphatic heterocycles. The van der Waals surface area contributed by atoms with Crippen LogP contribution in [0.4, 0.5) is 0 Å². The van der Waals surface area contributed by atoms with Crippen LogP contribution in [0.25, 0.3) is 0 Å². The van der Waals surface area contributed by atoms with Gasteiger partial charge in [-0.05, 0) is 11.6 Å². The van der Waals surface area contributed by atoms with Crippen molar-refractivity contribution in [3.8, 4) is 0 Å². The molecule has 116 valence electrons. The number of carbonyl (C=O) groups is 1. The molecule has 6 nitrogen and oxygen atoms in total. The fraction of sp³-hybridized carbons (Fsp3) is 0.400. The molecule has 1 saturated heterocycles. The van der Waals surface area contributed by atoms with Crippen molar-refractivity contribution in [2.45, 2.75) is 19.4 Å². The molecule has 3 rings (SSSR count). The minimum Gasteiger partial charge on any atom is -0.377 e. The van der Waals surface area contributed by atoms with E-state index in [0.29, 0.717) is 36.5 Å². The van der Waals surface area contributed by atoms with Gasteiger partial charge < -0.3 is 14.2 Å². The van der Waals surface area contributed by atoms with Gasteiger partial charge in [0.25, 0.3) is 0 Å². The van der Waals surface area contributed by atoms with Crippen LogP contribution in [0.2, 0.25) is 5.02 Å². The number of aryl methyl sites for hydroxylation is 1. The molecule has 1 fully saturated rings. The zero-order chi connectivity index (χ0) is 15.5. The quantitative estimate of drug-likeness (QED) is 0.866. The molecule has 0 radical (unpaired) electrons. The third-order valence-electron chi connectivity index (χ3n) is 3.59. The first-order valence-corrected chi connectivity index (χ1v) is 7.44. The van der Waals surface area contributed by atoms with E-state index in [9.17, 15) is 4.79 Å². The highest BCUT2D eigenvalue weighted by Crippen LogP contribution is 2.24. The number of amides is 1. The summed E-state index contributed by atoms with van der Waals surface area (Å²) >= 11 is 6.13. The molecular formula is C15H16ClN3O3. The number of carbonyl (C=O) groups excluding carboxylic acids is 1. The lowest BCUT2D eigenvalue weighted by molar-refractivity contribution is -0.139. The number of aromatic nitrogens is 2. The molecular weight excluding hydrogens is 306 g/mol. The number of morpholine rings is 1. The lowest BCUT2D eigenvalue weighted by Crippen LogP contribution is -2.44. The number of hydrogen-bond acceptors (Lipinski definition) is 5. The maximum absolute atomic E-state index is 12.6. The van der Waals surface area contributed by atoms with E-state index in [4.69, 9.17) is 20.9 Å². The van der Waals surface area contributed by atoms with Gasteiger partial charge in [-0.25, -0.2) is 0 Å². The maximum Gasteiger partial charge on any atom is 0.227 e. The van der Waals surface area contributed by atoms with Gasteiger partial charge in [-0.3, -0.25) is 4.79 Å². The Morgan fingerprint density at radius 1 is 1.45 bits per heavy atom. The fourth-order valence-corrected chi connectivity index (χ4v) is 2.68. The van der Waals surface area contributed by atoms with Gasteiger partial charge in [0.15, 0.2) is 5.82 Å². The topological polar surface area (TPSA) is 68.5 Å². The van der Waals surface area contributed by atoms with Gasteiger partial charge in [0.1, 0.15) is 6.04 Å². The molecule has 2 aromatic rings. The van der Waals surface area contributed by atoms with Crippen LogP contribution in [-0.2, 0) is 16.0 Å². The summed E-state index contributed by atoms with van der Waals surface area (Å²) in [7, 11) is 0. The number of rotatable bonds is 3. The maximum atomic E-state index is 12.6. The summed E-state index contributed by atoms with van der Waals surface area (Å²) in [5, 5.41) is 4.50. The first-order valence-electron chi connectivity index (χ1n) is 7.06. The Balaban J connectivity index is 1.78. The lowest BCUT2D eigenvalue weighted by atomic mass is 10.1. The Morgan fingerprint density at radius 2 is 2.27 bits per heavy atom. The van der Waals surface area contributed by atoms with Crippen LogP contribution in [0.3, 0.4) is 0 Å². The van der Waals surface area contributed by atoms with Crippen molar-refractivity contribution in [3.63, 3.8) is 0 Å². The van der Waals surface area contributed by atoms with Crippen molar-refractivity contribution in [2.75, 3.05) is 19.8 Å². The Labute approximate surface area is 133 Å². The lowest BCUT2D eigenvalue weighted by Gasteiger charge is -2.33. The fourth-order valence-electron chi connectivity index (χ4n) is 2.47. The second-order valence-corrected chi connectivity index (χ2v) is 5.52. The minimum absolute atomic E-state index is 0.0242. The van der Waals surface area contributed by atoms with Gasteiger partial charge in [0.2, 0.25) is 11.8 Å². The van der Waals surface area contributed by atoms with Crippen molar-refractivity contribution in [1.82, 2.24) is 15.0 Å². The molecule has 1 amide bonds. The van der Waals surface area contributed by atoms with Gasteiger partial charge in [0.05, 0.1) is 19.6 Å². The van der Waals surface area contributed by atoms with E-state index in [1.165, 1.54) is 0 Å². The van der Waals surface area contributed by atoms with Gasteiger partial charge >= 0.3 is 0 Å². The molecule has 7 heteroatoms. The smallest absolute Gasteiger partial charge is 0.227 e. The zero-order valence-corrected chi connectivity index (χ0v) is 12.9. The highest BCUT2D eigenvalue weighted by atomic mass is 35.5. The van der Waals surface area contributed by atoms with Crippen LogP contribution in [0.15, 0.2) is 28.8 Å². The molecule has 1 aromatic heterocycles. The van der Waals surface area contributed by atoms with E-state index in [1.807, 2.05) is 18.2 Å². The molecule has 1 atom stereocenters. The number of ether oxygens (including phenoxy) is 1. The number of hydrogen-bond donors (Lipinski definition) is 0.